The van der Waals surface area contributed by atoms with Gasteiger partial charge in [-0.15, -0.1) is 0 Å². The summed E-state index contributed by atoms with van der Waals surface area (Å²) < 4.78 is 0. The molecule has 0 saturated heterocycles. The van der Waals surface area contributed by atoms with E-state index >= 15 is 0 Å². The van der Waals surface area contributed by atoms with E-state index in [9.17, 15) is 9.59 Å². The molecule has 1 aliphatic rings. The topological polar surface area (TPSA) is 84.2 Å². The number of carbonyl (C=O) groups is 2. The first kappa shape index (κ1) is 19.7. The molecule has 0 saturated carbocycles. The van der Waals surface area contributed by atoms with E-state index in [2.05, 4.69) is 29.3 Å². The molecule has 1 unspecified atom stereocenters. The van der Waals surface area contributed by atoms with Crippen molar-refractivity contribution in [3.8, 4) is 0 Å². The van der Waals surface area contributed by atoms with Gasteiger partial charge in [0.2, 0.25) is 11.8 Å². The number of fused-ring (bicyclic) bond motifs is 2. The lowest BCUT2D eigenvalue weighted by molar-refractivity contribution is -0.124. The van der Waals surface area contributed by atoms with Crippen molar-refractivity contribution in [3.05, 3.63) is 89.8 Å². The second-order valence-electron chi connectivity index (χ2n) is 7.80. The molecule has 0 aromatic heterocycles. The summed E-state index contributed by atoms with van der Waals surface area (Å²) in [4.78, 5) is 24.8. The summed E-state index contributed by atoms with van der Waals surface area (Å²) in [5.74, 6) is -0.0545. The number of hydrogen-bond acceptors (Lipinski definition) is 3. The van der Waals surface area contributed by atoms with Crippen molar-refractivity contribution >= 4 is 28.3 Å². The number of benzene rings is 3. The second-order valence-corrected chi connectivity index (χ2v) is 7.80. The van der Waals surface area contributed by atoms with E-state index in [0.29, 0.717) is 12.8 Å². The summed E-state index contributed by atoms with van der Waals surface area (Å²) >= 11 is 0. The molecular formula is C25H25N3O2. The van der Waals surface area contributed by atoms with Gasteiger partial charge in [-0.1, -0.05) is 55.1 Å². The van der Waals surface area contributed by atoms with Gasteiger partial charge >= 0.3 is 0 Å². The van der Waals surface area contributed by atoms with Crippen LogP contribution in [0.15, 0.2) is 73.1 Å². The Morgan fingerprint density at radius 3 is 2.67 bits per heavy atom. The van der Waals surface area contributed by atoms with Crippen LogP contribution in [-0.4, -0.2) is 11.8 Å². The molecule has 1 aliphatic carbocycles. The molecule has 0 radical (unpaired) electrons. The molecule has 3 aromatic rings. The number of anilines is 1. The quantitative estimate of drug-likeness (QED) is 0.612. The lowest BCUT2D eigenvalue weighted by Crippen LogP contribution is -2.35. The molecule has 4 N–H and O–H groups in total. The summed E-state index contributed by atoms with van der Waals surface area (Å²) in [5, 5.41) is 7.86. The summed E-state index contributed by atoms with van der Waals surface area (Å²) in [6.07, 6.45) is 2.53. The van der Waals surface area contributed by atoms with E-state index in [-0.39, 0.29) is 23.6 Å². The molecule has 4 rings (SSSR count). The molecule has 1 atom stereocenters. The summed E-state index contributed by atoms with van der Waals surface area (Å²) in [6, 6.07) is 20.0. The highest BCUT2D eigenvalue weighted by atomic mass is 16.2. The van der Waals surface area contributed by atoms with Crippen molar-refractivity contribution < 1.29 is 9.59 Å². The fourth-order valence-corrected chi connectivity index (χ4v) is 4.14. The third-order valence-corrected chi connectivity index (χ3v) is 5.60. The number of amides is 2. The molecule has 152 valence electrons. The Morgan fingerprint density at radius 1 is 1.03 bits per heavy atom. The first-order valence-corrected chi connectivity index (χ1v) is 10.1. The predicted octanol–water partition coefficient (Wildman–Crippen LogP) is 3.67. The van der Waals surface area contributed by atoms with E-state index in [4.69, 9.17) is 5.73 Å². The number of carbonyl (C=O) groups excluding carboxylic acids is 2. The second kappa shape index (κ2) is 8.41. The zero-order chi connectivity index (χ0) is 21.1. The Morgan fingerprint density at radius 2 is 1.83 bits per heavy atom. The van der Waals surface area contributed by atoms with Crippen LogP contribution in [0.4, 0.5) is 5.69 Å². The molecule has 5 heteroatoms. The van der Waals surface area contributed by atoms with E-state index in [1.807, 2.05) is 48.5 Å². The van der Waals surface area contributed by atoms with Crippen LogP contribution < -0.4 is 16.4 Å². The molecule has 2 amide bonds. The van der Waals surface area contributed by atoms with Crippen LogP contribution in [-0.2, 0) is 28.9 Å². The lowest BCUT2D eigenvalue weighted by Gasteiger charge is -2.24. The van der Waals surface area contributed by atoms with Crippen molar-refractivity contribution in [3.63, 3.8) is 0 Å². The van der Waals surface area contributed by atoms with Crippen LogP contribution in [0, 0.1) is 5.92 Å². The van der Waals surface area contributed by atoms with Crippen molar-refractivity contribution in [1.82, 2.24) is 5.32 Å². The van der Waals surface area contributed by atoms with Crippen molar-refractivity contribution in [2.24, 2.45) is 11.7 Å². The molecule has 0 aliphatic heterocycles. The number of nitrogens with two attached hydrogens (primary N) is 1. The molecule has 3 aromatic carbocycles. The number of nitrogens with one attached hydrogen (secondary N) is 2. The first-order chi connectivity index (χ1) is 14.5. The highest BCUT2D eigenvalue weighted by Gasteiger charge is 2.25. The van der Waals surface area contributed by atoms with Crippen LogP contribution >= 0.6 is 0 Å². The van der Waals surface area contributed by atoms with Crippen molar-refractivity contribution in [2.75, 3.05) is 5.32 Å². The summed E-state index contributed by atoms with van der Waals surface area (Å²) in [7, 11) is 0. The fourth-order valence-electron chi connectivity index (χ4n) is 4.14. The summed E-state index contributed by atoms with van der Waals surface area (Å²) in [6.45, 7) is 3.53. The fraction of sp³-hybridized carbons (Fsp3) is 0.200. The van der Waals surface area contributed by atoms with Crippen LogP contribution in [0.5, 0.6) is 0 Å². The minimum atomic E-state index is -0.107. The highest BCUT2D eigenvalue weighted by molar-refractivity contribution is 5.96. The summed E-state index contributed by atoms with van der Waals surface area (Å²) in [5.41, 5.74) is 9.59. The third-order valence-electron chi connectivity index (χ3n) is 5.60. The molecule has 0 heterocycles. The molecule has 0 bridgehead atoms. The van der Waals surface area contributed by atoms with Crippen LogP contribution in [0.25, 0.3) is 10.8 Å². The van der Waals surface area contributed by atoms with Gasteiger partial charge < -0.3 is 16.4 Å². The van der Waals surface area contributed by atoms with Gasteiger partial charge in [0.1, 0.15) is 0 Å². The Kier molecular flexibility index (Phi) is 5.53. The Bertz CT molecular complexity index is 1130. The van der Waals surface area contributed by atoms with E-state index in [1.54, 1.807) is 0 Å². The predicted molar refractivity (Wildman–Crippen MR) is 120 cm³/mol. The molecule has 5 nitrogen and oxygen atoms in total. The minimum absolute atomic E-state index is 0.0409. The maximum atomic E-state index is 12.7. The van der Waals surface area contributed by atoms with Crippen LogP contribution in [0.1, 0.15) is 23.1 Å². The van der Waals surface area contributed by atoms with Gasteiger partial charge in [0.25, 0.3) is 0 Å². The van der Waals surface area contributed by atoms with Gasteiger partial charge in [0.05, 0.1) is 12.2 Å². The molecule has 0 fully saturated rings. The monoisotopic (exact) mass is 399 g/mol. The third kappa shape index (κ3) is 4.35. The van der Waals surface area contributed by atoms with E-state index in [0.717, 1.165) is 40.4 Å². The van der Waals surface area contributed by atoms with Gasteiger partial charge in [0.15, 0.2) is 0 Å². The van der Waals surface area contributed by atoms with Gasteiger partial charge in [-0.2, -0.15) is 0 Å². The largest absolute Gasteiger partial charge is 0.386 e. The van der Waals surface area contributed by atoms with Crippen molar-refractivity contribution in [1.29, 1.82) is 0 Å². The lowest BCUT2D eigenvalue weighted by atomic mass is 9.83. The van der Waals surface area contributed by atoms with Gasteiger partial charge in [-0.3, -0.25) is 9.59 Å². The average Bonchev–Trinajstić information content (AvgIpc) is 2.73. The van der Waals surface area contributed by atoms with E-state index in [1.165, 1.54) is 5.56 Å². The Balaban J connectivity index is 1.43. The highest BCUT2D eigenvalue weighted by Crippen LogP contribution is 2.28. The number of hydrogen-bond donors (Lipinski definition) is 3. The Hall–Kier alpha value is -3.60. The minimum Gasteiger partial charge on any atom is -0.386 e. The standard InChI is InChI=1S/C25H25N3O2/c1-16(26)27-25(30)21-10-9-19-14-22(12-11-18(19)13-21)28-24(29)15-20-7-4-6-17-5-2-3-8-23(17)20/h2-8,11-12,14,21H,1,9-10,13,15,26H2,(H,27,30)(H,28,29). The van der Waals surface area contributed by atoms with Gasteiger partial charge in [0, 0.05) is 11.6 Å². The zero-order valence-electron chi connectivity index (χ0n) is 16.8. The smallest absolute Gasteiger partial charge is 0.228 e. The SMILES string of the molecule is C=C(N)NC(=O)C1CCc2cc(NC(=O)Cc3cccc4ccccc34)ccc2C1. The number of rotatable bonds is 5. The maximum Gasteiger partial charge on any atom is 0.228 e. The van der Waals surface area contributed by atoms with Crippen molar-refractivity contribution in [2.45, 2.75) is 25.7 Å². The van der Waals surface area contributed by atoms with Gasteiger partial charge in [-0.25, -0.2) is 0 Å². The van der Waals surface area contributed by atoms with Crippen LogP contribution in [0.3, 0.4) is 0 Å². The molecule has 30 heavy (non-hydrogen) atoms. The molecule has 0 spiro atoms. The number of aryl methyl sites for hydroxylation is 1. The molecular weight excluding hydrogens is 374 g/mol. The van der Waals surface area contributed by atoms with Gasteiger partial charge in [-0.05, 0) is 58.9 Å². The van der Waals surface area contributed by atoms with Crippen LogP contribution in [0.2, 0.25) is 0 Å². The first-order valence-electron chi connectivity index (χ1n) is 10.1. The zero-order valence-corrected chi connectivity index (χ0v) is 16.8. The van der Waals surface area contributed by atoms with E-state index < -0.39 is 0 Å². The average molecular weight is 399 g/mol. The maximum absolute atomic E-state index is 12.7. The Labute approximate surface area is 176 Å². The normalized spacial score (nSPS) is 15.3.